The first-order chi connectivity index (χ1) is 10.9. The summed E-state index contributed by atoms with van der Waals surface area (Å²) in [7, 11) is 0. The van der Waals surface area contributed by atoms with Crippen LogP contribution in [0.15, 0.2) is 12.1 Å². The molecule has 1 rings (SSSR count). The number of benzene rings is 1. The molecule has 132 valence electrons. The highest BCUT2D eigenvalue weighted by Gasteiger charge is 2.18. The van der Waals surface area contributed by atoms with Crippen LogP contribution in [0.2, 0.25) is 0 Å². The number of aryl methyl sites for hydroxylation is 2. The lowest BCUT2D eigenvalue weighted by atomic mass is 9.83. The van der Waals surface area contributed by atoms with Crippen molar-refractivity contribution >= 4 is 0 Å². The third-order valence-corrected chi connectivity index (χ3v) is 3.51. The molecule has 0 amide bonds. The van der Waals surface area contributed by atoms with E-state index >= 15 is 0 Å². The van der Waals surface area contributed by atoms with Crippen molar-refractivity contribution in [3.63, 3.8) is 0 Å². The predicted molar refractivity (Wildman–Crippen MR) is 93.1 cm³/mol. The van der Waals surface area contributed by atoms with Crippen molar-refractivity contribution in [2.24, 2.45) is 0 Å². The molecular weight excluding hydrogens is 292 g/mol. The lowest BCUT2D eigenvalue weighted by Crippen LogP contribution is -2.14. The fourth-order valence-electron chi connectivity index (χ4n) is 2.39. The molecule has 0 aliphatic carbocycles. The van der Waals surface area contributed by atoms with E-state index in [2.05, 4.69) is 46.8 Å². The maximum atomic E-state index is 5.46. The Bertz CT molecular complexity index is 463. The fourth-order valence-corrected chi connectivity index (χ4v) is 2.39. The number of ether oxygens (including phenoxy) is 2. The van der Waals surface area contributed by atoms with Gasteiger partial charge in [-0.05, 0) is 48.4 Å². The molecule has 0 heterocycles. The number of hydrogen-bond acceptors (Lipinski definition) is 4. The van der Waals surface area contributed by atoms with E-state index in [0.717, 1.165) is 24.3 Å². The SMILES string of the molecule is CCCOCCOCCOOc1cc(C(C)(C)C)c(C)cc1C. The maximum Gasteiger partial charge on any atom is 0.168 e. The molecule has 1 aromatic rings. The summed E-state index contributed by atoms with van der Waals surface area (Å²) in [6, 6.07) is 4.21. The zero-order chi connectivity index (χ0) is 17.3. The highest BCUT2D eigenvalue weighted by molar-refractivity contribution is 5.44. The largest absolute Gasteiger partial charge is 0.379 e. The molecule has 4 nitrogen and oxygen atoms in total. The van der Waals surface area contributed by atoms with Crippen LogP contribution >= 0.6 is 0 Å². The second-order valence-electron chi connectivity index (χ2n) is 6.81. The lowest BCUT2D eigenvalue weighted by Gasteiger charge is -2.23. The van der Waals surface area contributed by atoms with E-state index in [4.69, 9.17) is 19.2 Å². The zero-order valence-electron chi connectivity index (χ0n) is 15.5. The van der Waals surface area contributed by atoms with Gasteiger partial charge in [0.1, 0.15) is 6.61 Å². The topological polar surface area (TPSA) is 36.9 Å². The van der Waals surface area contributed by atoms with Crippen LogP contribution in [0.25, 0.3) is 0 Å². The van der Waals surface area contributed by atoms with Gasteiger partial charge in [0.2, 0.25) is 0 Å². The Morgan fingerprint density at radius 3 is 2.04 bits per heavy atom. The molecule has 23 heavy (non-hydrogen) atoms. The van der Waals surface area contributed by atoms with Crippen molar-refractivity contribution in [2.75, 3.05) is 33.0 Å². The van der Waals surface area contributed by atoms with Gasteiger partial charge < -0.3 is 14.4 Å². The smallest absolute Gasteiger partial charge is 0.168 e. The van der Waals surface area contributed by atoms with Gasteiger partial charge in [-0.1, -0.05) is 33.8 Å². The molecule has 0 radical (unpaired) electrons. The first kappa shape index (κ1) is 19.9. The van der Waals surface area contributed by atoms with Gasteiger partial charge in [0, 0.05) is 6.61 Å². The van der Waals surface area contributed by atoms with Gasteiger partial charge >= 0.3 is 0 Å². The van der Waals surface area contributed by atoms with Crippen molar-refractivity contribution in [3.05, 3.63) is 28.8 Å². The predicted octanol–water partition coefficient (Wildman–Crippen LogP) is 4.35. The maximum absolute atomic E-state index is 5.46. The standard InChI is InChI=1S/C19H32O4/c1-7-8-20-9-10-21-11-12-22-23-18-14-17(19(4,5)6)15(2)13-16(18)3/h13-14H,7-12H2,1-6H3. The highest BCUT2D eigenvalue weighted by Crippen LogP contribution is 2.31. The van der Waals surface area contributed by atoms with E-state index in [0.29, 0.717) is 26.4 Å². The van der Waals surface area contributed by atoms with Crippen LogP contribution < -0.4 is 4.89 Å². The molecule has 0 aliphatic rings. The van der Waals surface area contributed by atoms with E-state index in [1.807, 2.05) is 6.92 Å². The van der Waals surface area contributed by atoms with E-state index < -0.39 is 0 Å². The average molecular weight is 324 g/mol. The fraction of sp³-hybridized carbons (Fsp3) is 0.684. The third-order valence-electron chi connectivity index (χ3n) is 3.51. The van der Waals surface area contributed by atoms with Gasteiger partial charge in [-0.2, -0.15) is 4.89 Å². The van der Waals surface area contributed by atoms with Crippen LogP contribution in [0.4, 0.5) is 0 Å². The molecule has 0 N–H and O–H groups in total. The molecule has 4 heteroatoms. The van der Waals surface area contributed by atoms with Crippen LogP contribution in [0, 0.1) is 13.8 Å². The second-order valence-corrected chi connectivity index (χ2v) is 6.81. The van der Waals surface area contributed by atoms with Gasteiger partial charge in [-0.15, -0.1) is 0 Å². The minimum atomic E-state index is 0.0808. The molecule has 0 bridgehead atoms. The summed E-state index contributed by atoms with van der Waals surface area (Å²) in [5, 5.41) is 0. The summed E-state index contributed by atoms with van der Waals surface area (Å²) >= 11 is 0. The molecule has 0 aliphatic heterocycles. The summed E-state index contributed by atoms with van der Waals surface area (Å²) < 4.78 is 10.7. The zero-order valence-corrected chi connectivity index (χ0v) is 15.5. The molecular formula is C19H32O4. The Kier molecular flexibility index (Phi) is 8.59. The van der Waals surface area contributed by atoms with Crippen molar-refractivity contribution in [2.45, 2.75) is 53.4 Å². The van der Waals surface area contributed by atoms with Crippen LogP contribution in [0.3, 0.4) is 0 Å². The van der Waals surface area contributed by atoms with Gasteiger partial charge in [-0.3, -0.25) is 0 Å². The van der Waals surface area contributed by atoms with Crippen molar-refractivity contribution in [1.29, 1.82) is 0 Å². The number of hydrogen-bond donors (Lipinski definition) is 0. The van der Waals surface area contributed by atoms with E-state index in [1.54, 1.807) is 0 Å². The second kappa shape index (κ2) is 9.91. The minimum Gasteiger partial charge on any atom is -0.379 e. The first-order valence-electron chi connectivity index (χ1n) is 8.43. The van der Waals surface area contributed by atoms with Crippen molar-refractivity contribution in [3.8, 4) is 5.75 Å². The monoisotopic (exact) mass is 324 g/mol. The van der Waals surface area contributed by atoms with Crippen LogP contribution in [-0.4, -0.2) is 33.0 Å². The normalized spacial score (nSPS) is 11.7. The summed E-state index contributed by atoms with van der Waals surface area (Å²) in [4.78, 5) is 10.7. The van der Waals surface area contributed by atoms with Gasteiger partial charge in [0.05, 0.1) is 19.8 Å². The van der Waals surface area contributed by atoms with Crippen LogP contribution in [0.5, 0.6) is 5.75 Å². The Labute approximate surface area is 141 Å². The van der Waals surface area contributed by atoms with Crippen molar-refractivity contribution in [1.82, 2.24) is 0 Å². The van der Waals surface area contributed by atoms with Crippen LogP contribution in [0.1, 0.15) is 50.8 Å². The summed E-state index contributed by atoms with van der Waals surface area (Å²) in [6.45, 7) is 15.7. The molecule has 0 fully saturated rings. The highest BCUT2D eigenvalue weighted by atomic mass is 17.2. The van der Waals surface area contributed by atoms with Gasteiger partial charge in [-0.25, -0.2) is 0 Å². The molecule has 0 atom stereocenters. The lowest BCUT2D eigenvalue weighted by molar-refractivity contribution is -0.216. The average Bonchev–Trinajstić information content (AvgIpc) is 2.46. The van der Waals surface area contributed by atoms with Crippen molar-refractivity contribution < 1.29 is 19.2 Å². The quantitative estimate of drug-likeness (QED) is 0.364. The molecule has 0 unspecified atom stereocenters. The van der Waals surface area contributed by atoms with Crippen LogP contribution in [-0.2, 0) is 19.8 Å². The van der Waals surface area contributed by atoms with E-state index in [9.17, 15) is 0 Å². The van der Waals surface area contributed by atoms with Gasteiger partial charge in [0.25, 0.3) is 0 Å². The molecule has 1 aromatic carbocycles. The van der Waals surface area contributed by atoms with E-state index in [1.165, 1.54) is 11.1 Å². The molecule has 0 aromatic heterocycles. The minimum absolute atomic E-state index is 0.0808. The van der Waals surface area contributed by atoms with E-state index in [-0.39, 0.29) is 5.41 Å². The summed E-state index contributed by atoms with van der Waals surface area (Å²) in [5.74, 6) is 0.770. The Balaban J connectivity index is 2.35. The third kappa shape index (κ3) is 7.34. The Hall–Kier alpha value is -1.10. The number of rotatable bonds is 10. The Morgan fingerprint density at radius 1 is 0.826 bits per heavy atom. The summed E-state index contributed by atoms with van der Waals surface area (Å²) in [5.41, 5.74) is 3.70. The molecule has 0 saturated carbocycles. The van der Waals surface area contributed by atoms with Gasteiger partial charge in [0.15, 0.2) is 5.75 Å². The first-order valence-corrected chi connectivity index (χ1v) is 8.43. The summed E-state index contributed by atoms with van der Waals surface area (Å²) in [6.07, 6.45) is 1.03. The molecule has 0 saturated heterocycles. The Morgan fingerprint density at radius 2 is 1.43 bits per heavy atom. The molecule has 0 spiro atoms.